The van der Waals surface area contributed by atoms with Crippen LogP contribution in [0, 0.1) is 25.9 Å². The van der Waals surface area contributed by atoms with Crippen molar-refractivity contribution >= 4 is 0 Å². The van der Waals surface area contributed by atoms with E-state index in [4.69, 9.17) is 0 Å². The smallest absolute Gasteiger partial charge is 0.0886 e. The van der Waals surface area contributed by atoms with Gasteiger partial charge in [0, 0.05) is 12.8 Å². The average molecular weight is 62.1 g/mol. The van der Waals surface area contributed by atoms with Crippen molar-refractivity contribution in [3.05, 3.63) is 25.9 Å². The van der Waals surface area contributed by atoms with Gasteiger partial charge in [0.15, 0.2) is 0 Å². The van der Waals surface area contributed by atoms with Crippen molar-refractivity contribution in [3.63, 3.8) is 0 Å². The molecule has 0 aromatic rings. The van der Waals surface area contributed by atoms with Gasteiger partial charge in [0.2, 0.25) is 0 Å². The number of nitrogens with zero attached hydrogens (tertiary/aromatic N) is 1. The predicted molar refractivity (Wildman–Crippen MR) is 15.1 cm³/mol. The van der Waals surface area contributed by atoms with Gasteiger partial charge >= 0.3 is 0 Å². The van der Waals surface area contributed by atoms with Crippen LogP contribution in [0.2, 0.25) is 0 Å². The van der Waals surface area contributed by atoms with Gasteiger partial charge in [-0.25, -0.2) is 5.32 Å². The molecule has 21 valence electrons. The van der Waals surface area contributed by atoms with Crippen LogP contribution < -0.4 is 5.32 Å². The molecule has 1 saturated heterocycles. The third-order valence-electron chi connectivity index (χ3n) is 0.286. The van der Waals surface area contributed by atoms with E-state index in [1.807, 2.05) is 0 Å². The molecule has 1 rings (SSSR count). The SMILES string of the molecule is [C]1[C][C][N][C]1. The van der Waals surface area contributed by atoms with Gasteiger partial charge in [0.1, 0.15) is 0 Å². The molecule has 0 N–H and O–H groups in total. The first-order valence-electron chi connectivity index (χ1n) is 1.20. The first-order valence-corrected chi connectivity index (χ1v) is 1.20. The zero-order valence-corrected chi connectivity index (χ0v) is 2.45. The fraction of sp³-hybridized carbons (Fsp3) is 0. The largest absolute Gasteiger partial charge is 0.219 e. The summed E-state index contributed by atoms with van der Waals surface area (Å²) in [6, 6.07) is 0. The molecule has 0 aliphatic carbocycles. The van der Waals surface area contributed by atoms with Gasteiger partial charge in [-0.2, -0.15) is 0 Å². The number of hydrogen-bond donors (Lipinski definition) is 0. The van der Waals surface area contributed by atoms with Gasteiger partial charge < -0.3 is 0 Å². The minimum Gasteiger partial charge on any atom is -0.219 e. The van der Waals surface area contributed by atoms with Crippen LogP contribution in [0.5, 0.6) is 0 Å². The Morgan fingerprint density at radius 3 is 1.80 bits per heavy atom. The molecule has 5 heavy (non-hydrogen) atoms. The minimum absolute atomic E-state index is 2.38. The molecule has 0 amide bonds. The van der Waals surface area contributed by atoms with Crippen molar-refractivity contribution in [2.75, 3.05) is 0 Å². The second-order valence-electron chi connectivity index (χ2n) is 0.585. The van der Waals surface area contributed by atoms with Gasteiger partial charge in [-0.05, 0) is 0 Å². The Kier molecular flexibility index (Phi) is 0.892. The maximum atomic E-state index is 3.36. The zero-order valence-electron chi connectivity index (χ0n) is 2.45. The summed E-state index contributed by atoms with van der Waals surface area (Å²) in [7, 11) is 0. The minimum atomic E-state index is 2.38. The van der Waals surface area contributed by atoms with E-state index in [1.54, 1.807) is 0 Å². The van der Waals surface area contributed by atoms with Crippen LogP contribution in [0.1, 0.15) is 0 Å². The third-order valence-corrected chi connectivity index (χ3v) is 0.286. The van der Waals surface area contributed by atoms with Crippen LogP contribution >= 0.6 is 0 Å². The van der Waals surface area contributed by atoms with Crippen molar-refractivity contribution in [3.8, 4) is 0 Å². The van der Waals surface area contributed by atoms with E-state index in [9.17, 15) is 0 Å². The monoisotopic (exact) mass is 62.0 g/mol. The molecule has 1 nitrogen and oxygen atoms in total. The molecular formula is C4N. The van der Waals surface area contributed by atoms with E-state index < -0.39 is 0 Å². The summed E-state index contributed by atoms with van der Waals surface area (Å²) < 4.78 is 0. The Morgan fingerprint density at radius 1 is 1.00 bits per heavy atom. The van der Waals surface area contributed by atoms with Crippen molar-refractivity contribution in [2.24, 2.45) is 0 Å². The van der Waals surface area contributed by atoms with E-state index in [-0.39, 0.29) is 0 Å². The average Bonchev–Trinajstić information content (AvgIpc) is 1.76. The molecule has 1 fully saturated rings. The standard InChI is InChI=1S/C4N/c1-2-4-5-3-1. The highest BCUT2D eigenvalue weighted by Crippen LogP contribution is 1.99. The lowest BCUT2D eigenvalue weighted by atomic mass is 10.4. The molecule has 0 bridgehead atoms. The molecular weight excluding hydrogens is 62.1 g/mol. The summed E-state index contributed by atoms with van der Waals surface area (Å²) in [6.45, 7) is 4.75. The van der Waals surface area contributed by atoms with E-state index in [0.29, 0.717) is 0 Å². The summed E-state index contributed by atoms with van der Waals surface area (Å²) in [5.41, 5.74) is 0. The van der Waals surface area contributed by atoms with Gasteiger partial charge in [-0.3, -0.25) is 0 Å². The second-order valence-corrected chi connectivity index (χ2v) is 0.585. The summed E-state index contributed by atoms with van der Waals surface area (Å²) in [5, 5.41) is 3.36. The molecule has 0 aromatic heterocycles. The van der Waals surface area contributed by atoms with Crippen molar-refractivity contribution in [1.29, 1.82) is 0 Å². The molecule has 1 heteroatoms. The Labute approximate surface area is 32.4 Å². The van der Waals surface area contributed by atoms with Crippen LogP contribution in [-0.2, 0) is 0 Å². The van der Waals surface area contributed by atoms with Gasteiger partial charge in [-0.15, -0.1) is 0 Å². The Balaban J connectivity index is 2.08. The fourth-order valence-electron chi connectivity index (χ4n) is 0.140. The molecule has 1 aliphatic heterocycles. The fourth-order valence-corrected chi connectivity index (χ4v) is 0.140. The van der Waals surface area contributed by atoms with Crippen LogP contribution in [-0.4, -0.2) is 0 Å². The highest BCUT2D eigenvalue weighted by Gasteiger charge is 2.01. The van der Waals surface area contributed by atoms with Crippen LogP contribution in [0.4, 0.5) is 0 Å². The van der Waals surface area contributed by atoms with Crippen LogP contribution in [0.25, 0.3) is 0 Å². The topological polar surface area (TPSA) is 14.1 Å². The van der Waals surface area contributed by atoms with Crippen molar-refractivity contribution in [1.82, 2.24) is 5.32 Å². The molecule has 1 heterocycles. The second kappa shape index (κ2) is 1.41. The molecule has 0 atom stereocenters. The first kappa shape index (κ1) is 3.16. The molecule has 0 aromatic carbocycles. The van der Waals surface area contributed by atoms with E-state index in [1.165, 1.54) is 0 Å². The van der Waals surface area contributed by atoms with Gasteiger partial charge in [-0.1, -0.05) is 0 Å². The third kappa shape index (κ3) is 0.618. The Hall–Kier alpha value is -0.0400. The summed E-state index contributed by atoms with van der Waals surface area (Å²) in [4.78, 5) is 0. The first-order chi connectivity index (χ1) is 2.50. The maximum absolute atomic E-state index is 3.36. The van der Waals surface area contributed by atoms with E-state index in [0.717, 1.165) is 0 Å². The molecule has 9 radical (unpaired) electrons. The van der Waals surface area contributed by atoms with Crippen molar-refractivity contribution < 1.29 is 0 Å². The highest BCUT2D eigenvalue weighted by atomic mass is 14.9. The van der Waals surface area contributed by atoms with Gasteiger partial charge in [0.25, 0.3) is 0 Å². The van der Waals surface area contributed by atoms with Gasteiger partial charge in [0.05, 0.1) is 13.1 Å². The predicted octanol–water partition coefficient (Wildman–Crippen LogP) is -0.155. The summed E-state index contributed by atoms with van der Waals surface area (Å²) in [6.07, 6.45) is 4.89. The normalized spacial score (nSPS) is 24.0. The lowest BCUT2D eigenvalue weighted by molar-refractivity contribution is 1.06. The molecule has 0 unspecified atom stereocenters. The Bertz CT molecular complexity index is 15.2. The van der Waals surface area contributed by atoms with Crippen LogP contribution in [0.3, 0.4) is 0 Å². The quantitative estimate of drug-likeness (QED) is 0.370. The molecule has 0 saturated carbocycles. The summed E-state index contributed by atoms with van der Waals surface area (Å²) >= 11 is 0. The lowest BCUT2D eigenvalue weighted by Gasteiger charge is -1.67. The Morgan fingerprint density at radius 2 is 1.60 bits per heavy atom. The lowest BCUT2D eigenvalue weighted by Crippen LogP contribution is -1.79. The van der Waals surface area contributed by atoms with E-state index >= 15 is 0 Å². The van der Waals surface area contributed by atoms with E-state index in [2.05, 4.69) is 31.2 Å². The summed E-state index contributed by atoms with van der Waals surface area (Å²) in [5.74, 6) is 0. The molecule has 1 aliphatic rings. The maximum Gasteiger partial charge on any atom is 0.0886 e. The van der Waals surface area contributed by atoms with Crippen LogP contribution in [0.15, 0.2) is 0 Å². The number of hydrogen-bond acceptors (Lipinski definition) is 0. The highest BCUT2D eigenvalue weighted by molar-refractivity contribution is 5.10. The number of rotatable bonds is 0. The zero-order chi connectivity index (χ0) is 3.54. The van der Waals surface area contributed by atoms with Crippen molar-refractivity contribution in [2.45, 2.75) is 0 Å². The molecule has 0 spiro atoms.